The average molecular weight is 314 g/mol. The summed E-state index contributed by atoms with van der Waals surface area (Å²) < 4.78 is 26.6. The molecule has 1 aliphatic rings. The standard InChI is InChI=1S/C13H16ClN3O2S/c1-9-4-11(16)8-17(7-9)20(18,19)13-3-2-10(6-15)5-12(13)14/h2-3,5,9,11H,4,7-8,16H2,1H3. The molecule has 20 heavy (non-hydrogen) atoms. The van der Waals surface area contributed by atoms with Crippen LogP contribution in [0, 0.1) is 17.2 Å². The fourth-order valence-corrected chi connectivity index (χ4v) is 4.60. The summed E-state index contributed by atoms with van der Waals surface area (Å²) in [5.74, 6) is 0.214. The maximum Gasteiger partial charge on any atom is 0.244 e. The lowest BCUT2D eigenvalue weighted by Crippen LogP contribution is -2.48. The highest BCUT2D eigenvalue weighted by Gasteiger charge is 2.33. The molecule has 0 aromatic heterocycles. The number of hydrogen-bond acceptors (Lipinski definition) is 4. The van der Waals surface area contributed by atoms with E-state index in [0.29, 0.717) is 18.7 Å². The van der Waals surface area contributed by atoms with E-state index in [9.17, 15) is 8.42 Å². The molecule has 1 aliphatic heterocycles. The van der Waals surface area contributed by atoms with Crippen LogP contribution in [0.1, 0.15) is 18.9 Å². The SMILES string of the molecule is CC1CC(N)CN(S(=O)(=O)c2ccc(C#N)cc2Cl)C1. The summed E-state index contributed by atoms with van der Waals surface area (Å²) in [6.07, 6.45) is 0.813. The minimum absolute atomic E-state index is 0.0273. The summed E-state index contributed by atoms with van der Waals surface area (Å²) in [5.41, 5.74) is 6.22. The molecule has 5 nitrogen and oxygen atoms in total. The number of halogens is 1. The predicted molar refractivity (Wildman–Crippen MR) is 76.7 cm³/mol. The molecule has 0 bridgehead atoms. The van der Waals surface area contributed by atoms with Gasteiger partial charge in [-0.15, -0.1) is 0 Å². The Hall–Kier alpha value is -1.13. The molecule has 0 amide bonds. The van der Waals surface area contributed by atoms with Crippen molar-refractivity contribution in [3.8, 4) is 6.07 Å². The van der Waals surface area contributed by atoms with Crippen LogP contribution in [0.3, 0.4) is 0 Å². The van der Waals surface area contributed by atoms with Gasteiger partial charge in [0.1, 0.15) is 4.90 Å². The lowest BCUT2D eigenvalue weighted by molar-refractivity contribution is 0.254. The summed E-state index contributed by atoms with van der Waals surface area (Å²) in [4.78, 5) is 0.0273. The average Bonchev–Trinajstić information content (AvgIpc) is 2.37. The second kappa shape index (κ2) is 5.70. The Balaban J connectivity index is 2.38. The number of piperidine rings is 1. The predicted octanol–water partition coefficient (Wildman–Crippen LogP) is 1.57. The molecule has 1 heterocycles. The van der Waals surface area contributed by atoms with Crippen LogP contribution in [0.4, 0.5) is 0 Å². The van der Waals surface area contributed by atoms with Crippen molar-refractivity contribution in [2.45, 2.75) is 24.3 Å². The fourth-order valence-electron chi connectivity index (χ4n) is 2.46. The van der Waals surface area contributed by atoms with E-state index in [2.05, 4.69) is 0 Å². The number of nitrogens with two attached hydrogens (primary N) is 1. The van der Waals surface area contributed by atoms with Crippen LogP contribution < -0.4 is 5.73 Å². The third-order valence-electron chi connectivity index (χ3n) is 3.34. The van der Waals surface area contributed by atoms with Gasteiger partial charge in [-0.3, -0.25) is 0 Å². The van der Waals surface area contributed by atoms with Gasteiger partial charge in [0.05, 0.1) is 16.7 Å². The summed E-state index contributed by atoms with van der Waals surface area (Å²) in [6.45, 7) is 2.71. The zero-order valence-corrected chi connectivity index (χ0v) is 12.7. The maximum atomic E-state index is 12.6. The van der Waals surface area contributed by atoms with Crippen molar-refractivity contribution in [3.05, 3.63) is 28.8 Å². The molecule has 1 saturated heterocycles. The van der Waals surface area contributed by atoms with E-state index in [1.807, 2.05) is 13.0 Å². The molecule has 0 aliphatic carbocycles. The Morgan fingerprint density at radius 1 is 1.45 bits per heavy atom. The smallest absolute Gasteiger partial charge is 0.244 e. The van der Waals surface area contributed by atoms with Gasteiger partial charge in [0.15, 0.2) is 0 Å². The molecule has 108 valence electrons. The van der Waals surface area contributed by atoms with Crippen molar-refractivity contribution >= 4 is 21.6 Å². The number of benzene rings is 1. The largest absolute Gasteiger partial charge is 0.326 e. The van der Waals surface area contributed by atoms with Crippen LogP contribution in [0.25, 0.3) is 0 Å². The second-order valence-corrected chi connectivity index (χ2v) is 7.49. The van der Waals surface area contributed by atoms with Crippen LogP contribution in [-0.2, 0) is 10.0 Å². The molecule has 0 spiro atoms. The third-order valence-corrected chi connectivity index (χ3v) is 5.65. The van der Waals surface area contributed by atoms with Gasteiger partial charge >= 0.3 is 0 Å². The normalized spacial score (nSPS) is 24.3. The minimum atomic E-state index is -3.67. The Morgan fingerprint density at radius 3 is 2.70 bits per heavy atom. The molecule has 7 heteroatoms. The van der Waals surface area contributed by atoms with Crippen molar-refractivity contribution in [1.29, 1.82) is 5.26 Å². The summed E-state index contributed by atoms with van der Waals surface area (Å²) in [6, 6.07) is 5.96. The van der Waals surface area contributed by atoms with Crippen LogP contribution >= 0.6 is 11.6 Å². The summed E-state index contributed by atoms with van der Waals surface area (Å²) >= 11 is 6.00. The van der Waals surface area contributed by atoms with Gasteiger partial charge in [-0.1, -0.05) is 18.5 Å². The number of rotatable bonds is 2. The van der Waals surface area contributed by atoms with Gasteiger partial charge in [-0.2, -0.15) is 9.57 Å². The minimum Gasteiger partial charge on any atom is -0.326 e. The Bertz CT molecular complexity index is 644. The van der Waals surface area contributed by atoms with Crippen molar-refractivity contribution in [2.24, 2.45) is 11.7 Å². The van der Waals surface area contributed by atoms with Gasteiger partial charge in [-0.05, 0) is 30.5 Å². The molecule has 2 unspecified atom stereocenters. The molecular weight excluding hydrogens is 298 g/mol. The first-order chi connectivity index (χ1) is 9.34. The highest BCUT2D eigenvalue weighted by Crippen LogP contribution is 2.28. The van der Waals surface area contributed by atoms with Crippen molar-refractivity contribution in [2.75, 3.05) is 13.1 Å². The van der Waals surface area contributed by atoms with Crippen LogP contribution in [0.2, 0.25) is 5.02 Å². The topological polar surface area (TPSA) is 87.2 Å². The lowest BCUT2D eigenvalue weighted by Gasteiger charge is -2.34. The first-order valence-electron chi connectivity index (χ1n) is 6.30. The quantitative estimate of drug-likeness (QED) is 0.897. The first kappa shape index (κ1) is 15.3. The number of nitrogens with zero attached hydrogens (tertiary/aromatic N) is 2. The van der Waals surface area contributed by atoms with Gasteiger partial charge in [0.2, 0.25) is 10.0 Å². The molecule has 1 aromatic rings. The molecule has 2 atom stereocenters. The molecule has 0 radical (unpaired) electrons. The van der Waals surface area contributed by atoms with Crippen molar-refractivity contribution < 1.29 is 8.42 Å². The zero-order chi connectivity index (χ0) is 14.9. The highest BCUT2D eigenvalue weighted by atomic mass is 35.5. The monoisotopic (exact) mass is 313 g/mol. The van der Waals surface area contributed by atoms with E-state index in [0.717, 1.165) is 6.42 Å². The Kier molecular flexibility index (Phi) is 4.35. The Morgan fingerprint density at radius 2 is 2.15 bits per heavy atom. The van der Waals surface area contributed by atoms with Gasteiger partial charge in [0.25, 0.3) is 0 Å². The fraction of sp³-hybridized carbons (Fsp3) is 0.462. The zero-order valence-electron chi connectivity index (χ0n) is 11.1. The third kappa shape index (κ3) is 2.96. The van der Waals surface area contributed by atoms with Crippen LogP contribution in [0.5, 0.6) is 0 Å². The molecule has 2 N–H and O–H groups in total. The number of hydrogen-bond donors (Lipinski definition) is 1. The molecule has 1 fully saturated rings. The first-order valence-corrected chi connectivity index (χ1v) is 8.11. The lowest BCUT2D eigenvalue weighted by atomic mass is 9.99. The van der Waals surface area contributed by atoms with Crippen LogP contribution in [-0.4, -0.2) is 31.9 Å². The second-order valence-electron chi connectivity index (χ2n) is 5.18. The number of nitriles is 1. The van der Waals surface area contributed by atoms with E-state index in [1.165, 1.54) is 22.5 Å². The van der Waals surface area contributed by atoms with E-state index >= 15 is 0 Å². The summed E-state index contributed by atoms with van der Waals surface area (Å²) in [5, 5.41) is 8.85. The Labute approximate surface area is 124 Å². The van der Waals surface area contributed by atoms with E-state index < -0.39 is 10.0 Å². The van der Waals surface area contributed by atoms with Crippen LogP contribution in [0.15, 0.2) is 23.1 Å². The molecule has 0 saturated carbocycles. The molecule has 1 aromatic carbocycles. The molecule has 2 rings (SSSR count). The summed E-state index contributed by atoms with van der Waals surface area (Å²) in [7, 11) is -3.67. The number of sulfonamides is 1. The highest BCUT2D eigenvalue weighted by molar-refractivity contribution is 7.89. The molecular formula is C13H16ClN3O2S. The van der Waals surface area contributed by atoms with Gasteiger partial charge in [0, 0.05) is 19.1 Å². The van der Waals surface area contributed by atoms with Gasteiger partial charge in [-0.25, -0.2) is 8.42 Å². The van der Waals surface area contributed by atoms with E-state index in [4.69, 9.17) is 22.6 Å². The van der Waals surface area contributed by atoms with Crippen molar-refractivity contribution in [1.82, 2.24) is 4.31 Å². The maximum absolute atomic E-state index is 12.6. The van der Waals surface area contributed by atoms with E-state index in [1.54, 1.807) is 0 Å². The van der Waals surface area contributed by atoms with E-state index in [-0.39, 0.29) is 21.9 Å². The van der Waals surface area contributed by atoms with Gasteiger partial charge < -0.3 is 5.73 Å². The van der Waals surface area contributed by atoms with Crippen molar-refractivity contribution in [3.63, 3.8) is 0 Å².